The third-order valence-corrected chi connectivity index (χ3v) is 6.32. The minimum Gasteiger partial charge on any atom is -0.493 e. The van der Waals surface area contributed by atoms with Gasteiger partial charge in [0, 0.05) is 43.0 Å². The molecule has 1 aromatic carbocycles. The summed E-state index contributed by atoms with van der Waals surface area (Å²) >= 11 is 0. The van der Waals surface area contributed by atoms with Crippen LogP contribution in [-0.4, -0.2) is 59.8 Å². The molecular formula is C22H26N6O2. The topological polar surface area (TPSA) is 76.5 Å². The van der Waals surface area contributed by atoms with Crippen LogP contribution in [0, 0.1) is 12.8 Å². The van der Waals surface area contributed by atoms with Crippen LogP contribution in [0.5, 0.6) is 11.5 Å². The minimum absolute atomic E-state index is 0.369. The third kappa shape index (κ3) is 3.16. The van der Waals surface area contributed by atoms with Crippen LogP contribution in [0.25, 0.3) is 10.9 Å². The second kappa shape index (κ2) is 7.59. The summed E-state index contributed by atoms with van der Waals surface area (Å²) in [6.45, 7) is 4.88. The Morgan fingerprint density at radius 1 is 1.00 bits per heavy atom. The maximum atomic E-state index is 5.53. The van der Waals surface area contributed by atoms with Gasteiger partial charge in [0.15, 0.2) is 11.5 Å². The molecular weight excluding hydrogens is 380 g/mol. The van der Waals surface area contributed by atoms with Crippen LogP contribution in [-0.2, 0) is 0 Å². The summed E-state index contributed by atoms with van der Waals surface area (Å²) in [5.41, 5.74) is 1.85. The number of methoxy groups -OCH3 is 2. The predicted molar refractivity (Wildman–Crippen MR) is 115 cm³/mol. The Morgan fingerprint density at radius 3 is 2.60 bits per heavy atom. The first kappa shape index (κ1) is 18.8. The monoisotopic (exact) mass is 406 g/mol. The normalized spacial score (nSPS) is 21.0. The second-order valence-corrected chi connectivity index (χ2v) is 7.96. The highest BCUT2D eigenvalue weighted by Gasteiger charge is 2.40. The van der Waals surface area contributed by atoms with E-state index in [1.165, 1.54) is 6.42 Å². The highest BCUT2D eigenvalue weighted by molar-refractivity contribution is 5.92. The molecule has 2 unspecified atom stereocenters. The molecule has 0 amide bonds. The number of rotatable bonds is 4. The fourth-order valence-electron chi connectivity index (χ4n) is 4.77. The second-order valence-electron chi connectivity index (χ2n) is 7.96. The highest BCUT2D eigenvalue weighted by atomic mass is 16.5. The van der Waals surface area contributed by atoms with Crippen molar-refractivity contribution in [2.45, 2.75) is 25.8 Å². The summed E-state index contributed by atoms with van der Waals surface area (Å²) in [4.78, 5) is 23.0. The molecule has 2 aliphatic rings. The number of nitrogens with zero attached hydrogens (tertiary/aromatic N) is 6. The van der Waals surface area contributed by atoms with Crippen molar-refractivity contribution < 1.29 is 9.47 Å². The van der Waals surface area contributed by atoms with Crippen LogP contribution in [0.4, 0.5) is 11.8 Å². The summed E-state index contributed by atoms with van der Waals surface area (Å²) in [6.07, 6.45) is 5.79. The molecule has 2 saturated heterocycles. The first-order chi connectivity index (χ1) is 14.7. The number of piperidine rings is 1. The van der Waals surface area contributed by atoms with E-state index in [9.17, 15) is 0 Å². The molecule has 4 heterocycles. The molecule has 30 heavy (non-hydrogen) atoms. The minimum atomic E-state index is 0.369. The maximum Gasteiger partial charge on any atom is 0.225 e. The van der Waals surface area contributed by atoms with Crippen molar-refractivity contribution in [1.29, 1.82) is 0 Å². The van der Waals surface area contributed by atoms with Crippen molar-refractivity contribution in [3.05, 3.63) is 36.4 Å². The fraction of sp³-hybridized carbons (Fsp3) is 0.455. The van der Waals surface area contributed by atoms with E-state index in [0.717, 1.165) is 54.4 Å². The molecule has 156 valence electrons. The van der Waals surface area contributed by atoms with E-state index in [4.69, 9.17) is 14.5 Å². The first-order valence-corrected chi connectivity index (χ1v) is 10.4. The van der Waals surface area contributed by atoms with E-state index in [2.05, 4.69) is 24.8 Å². The lowest BCUT2D eigenvalue weighted by Crippen LogP contribution is -2.49. The average Bonchev–Trinajstić information content (AvgIpc) is 3.20. The van der Waals surface area contributed by atoms with Gasteiger partial charge in [-0.2, -0.15) is 0 Å². The van der Waals surface area contributed by atoms with Gasteiger partial charge in [0.25, 0.3) is 0 Å². The van der Waals surface area contributed by atoms with E-state index in [1.807, 2.05) is 31.3 Å². The number of hydrogen-bond donors (Lipinski definition) is 0. The van der Waals surface area contributed by atoms with Crippen molar-refractivity contribution in [1.82, 2.24) is 19.9 Å². The molecule has 5 rings (SSSR count). The molecule has 8 heteroatoms. The van der Waals surface area contributed by atoms with Gasteiger partial charge in [0.2, 0.25) is 5.95 Å². The summed E-state index contributed by atoms with van der Waals surface area (Å²) in [6, 6.07) is 6.21. The van der Waals surface area contributed by atoms with Gasteiger partial charge in [-0.3, -0.25) is 0 Å². The Balaban J connectivity index is 1.50. The molecule has 0 spiro atoms. The molecule has 0 aliphatic carbocycles. The van der Waals surface area contributed by atoms with Crippen molar-refractivity contribution >= 4 is 22.7 Å². The molecule has 2 fully saturated rings. The Kier molecular flexibility index (Phi) is 4.77. The lowest BCUT2D eigenvalue weighted by atomic mass is 9.92. The van der Waals surface area contributed by atoms with Crippen LogP contribution < -0.4 is 19.3 Å². The molecule has 0 bridgehead atoms. The zero-order valence-electron chi connectivity index (χ0n) is 17.6. The van der Waals surface area contributed by atoms with E-state index in [-0.39, 0.29) is 0 Å². The van der Waals surface area contributed by atoms with Gasteiger partial charge in [-0.05, 0) is 37.8 Å². The molecule has 8 nitrogen and oxygen atoms in total. The summed E-state index contributed by atoms with van der Waals surface area (Å²) in [5.74, 6) is 3.79. The zero-order valence-corrected chi connectivity index (χ0v) is 17.6. The lowest BCUT2D eigenvalue weighted by molar-refractivity contribution is 0.355. The van der Waals surface area contributed by atoms with Crippen LogP contribution in [0.15, 0.2) is 30.7 Å². The number of aryl methyl sites for hydroxylation is 1. The first-order valence-electron chi connectivity index (χ1n) is 10.4. The summed E-state index contributed by atoms with van der Waals surface area (Å²) < 4.78 is 11.0. The summed E-state index contributed by atoms with van der Waals surface area (Å²) in [7, 11) is 3.29. The van der Waals surface area contributed by atoms with Crippen LogP contribution in [0.3, 0.4) is 0 Å². The van der Waals surface area contributed by atoms with Crippen LogP contribution >= 0.6 is 0 Å². The molecule has 3 aromatic rings. The van der Waals surface area contributed by atoms with Crippen molar-refractivity contribution in [2.24, 2.45) is 5.92 Å². The average molecular weight is 406 g/mol. The fourth-order valence-corrected chi connectivity index (χ4v) is 4.77. The zero-order chi connectivity index (χ0) is 20.7. The number of benzene rings is 1. The van der Waals surface area contributed by atoms with E-state index < -0.39 is 0 Å². The number of anilines is 2. The van der Waals surface area contributed by atoms with Gasteiger partial charge < -0.3 is 19.3 Å². The van der Waals surface area contributed by atoms with Gasteiger partial charge in [-0.1, -0.05) is 0 Å². The SMILES string of the molecule is COc1cc2ncnc(N3CCC4CCN(c5nccc(C)n5)CC43)c2cc1OC. The number of ether oxygens (including phenoxy) is 2. The van der Waals surface area contributed by atoms with Gasteiger partial charge in [0.1, 0.15) is 12.1 Å². The van der Waals surface area contributed by atoms with Crippen molar-refractivity contribution in [3.8, 4) is 11.5 Å². The van der Waals surface area contributed by atoms with E-state index >= 15 is 0 Å². The Labute approximate surface area is 175 Å². The molecule has 2 aliphatic heterocycles. The predicted octanol–water partition coefficient (Wildman–Crippen LogP) is 2.85. The number of hydrogen-bond acceptors (Lipinski definition) is 8. The molecule has 0 radical (unpaired) electrons. The van der Waals surface area contributed by atoms with Gasteiger partial charge in [-0.15, -0.1) is 0 Å². The molecule has 0 N–H and O–H groups in total. The van der Waals surface area contributed by atoms with Crippen LogP contribution in [0.2, 0.25) is 0 Å². The van der Waals surface area contributed by atoms with E-state index in [1.54, 1.807) is 20.5 Å². The quantitative estimate of drug-likeness (QED) is 0.655. The Hall–Kier alpha value is -3.16. The molecule has 0 saturated carbocycles. The number of fused-ring (bicyclic) bond motifs is 2. The van der Waals surface area contributed by atoms with Crippen LogP contribution in [0.1, 0.15) is 18.5 Å². The number of aromatic nitrogens is 4. The largest absolute Gasteiger partial charge is 0.493 e. The highest BCUT2D eigenvalue weighted by Crippen LogP contribution is 2.40. The smallest absolute Gasteiger partial charge is 0.225 e. The molecule has 2 atom stereocenters. The van der Waals surface area contributed by atoms with Crippen molar-refractivity contribution in [2.75, 3.05) is 43.7 Å². The van der Waals surface area contributed by atoms with Gasteiger partial charge in [-0.25, -0.2) is 19.9 Å². The third-order valence-electron chi connectivity index (χ3n) is 6.32. The molecule has 2 aromatic heterocycles. The summed E-state index contributed by atoms with van der Waals surface area (Å²) in [5, 5.41) is 0.986. The lowest BCUT2D eigenvalue weighted by Gasteiger charge is -2.39. The standard InChI is InChI=1S/C22H26N6O2/c1-14-4-7-23-22(26-14)27-8-5-15-6-9-28(18(15)12-27)21-16-10-19(29-2)20(30-3)11-17(16)24-13-25-21/h4,7,10-11,13,15,18H,5-6,8-9,12H2,1-3H3. The Bertz CT molecular complexity index is 1070. The van der Waals surface area contributed by atoms with Crippen molar-refractivity contribution in [3.63, 3.8) is 0 Å². The van der Waals surface area contributed by atoms with Gasteiger partial charge >= 0.3 is 0 Å². The Morgan fingerprint density at radius 2 is 1.80 bits per heavy atom. The maximum absolute atomic E-state index is 5.53. The van der Waals surface area contributed by atoms with Gasteiger partial charge in [0.05, 0.1) is 25.8 Å². The van der Waals surface area contributed by atoms with E-state index in [0.29, 0.717) is 23.5 Å².